The maximum absolute atomic E-state index is 13.5. The molecule has 0 aliphatic carbocycles. The summed E-state index contributed by atoms with van der Waals surface area (Å²) in [5.74, 6) is -0.214. The second-order valence-corrected chi connectivity index (χ2v) is 8.63. The molecule has 1 saturated heterocycles. The molecular formula is C26H35N3O5. The smallest absolute Gasteiger partial charge is 0.335 e. The third-order valence-electron chi connectivity index (χ3n) is 6.34. The Bertz CT molecular complexity index is 912. The fourth-order valence-corrected chi connectivity index (χ4v) is 4.17. The van der Waals surface area contributed by atoms with Gasteiger partial charge < -0.3 is 24.8 Å². The molecule has 3 rings (SSSR count). The highest BCUT2D eigenvalue weighted by Gasteiger charge is 2.41. The van der Waals surface area contributed by atoms with Crippen LogP contribution in [0.25, 0.3) is 0 Å². The van der Waals surface area contributed by atoms with Crippen LogP contribution in [0.2, 0.25) is 0 Å². The van der Waals surface area contributed by atoms with Crippen LogP contribution >= 0.6 is 0 Å². The van der Waals surface area contributed by atoms with Crippen LogP contribution in [0, 0.1) is 0 Å². The second kappa shape index (κ2) is 12.5. The van der Waals surface area contributed by atoms with Crippen molar-refractivity contribution >= 4 is 11.9 Å². The lowest BCUT2D eigenvalue weighted by atomic mass is 9.85. The highest BCUT2D eigenvalue weighted by Crippen LogP contribution is 2.25. The Balaban J connectivity index is 1.62. The maximum Gasteiger partial charge on any atom is 0.335 e. The van der Waals surface area contributed by atoms with Crippen LogP contribution in [0.4, 0.5) is 0 Å². The molecule has 8 heteroatoms. The van der Waals surface area contributed by atoms with Gasteiger partial charge in [0.05, 0.1) is 18.2 Å². The van der Waals surface area contributed by atoms with Gasteiger partial charge in [-0.05, 0) is 49.6 Å². The molecule has 0 spiro atoms. The van der Waals surface area contributed by atoms with Gasteiger partial charge in [0.15, 0.2) is 0 Å². The van der Waals surface area contributed by atoms with Gasteiger partial charge in [-0.3, -0.25) is 10.1 Å². The molecule has 0 unspecified atom stereocenters. The fraction of sp³-hybridized carbons (Fsp3) is 0.462. The Morgan fingerprint density at radius 2 is 1.74 bits per heavy atom. The number of carbonyl (C=O) groups is 2. The van der Waals surface area contributed by atoms with Crippen molar-refractivity contribution in [3.05, 3.63) is 65.7 Å². The van der Waals surface area contributed by atoms with E-state index in [9.17, 15) is 9.59 Å². The summed E-state index contributed by atoms with van der Waals surface area (Å²) in [5, 5.41) is 15.7. The van der Waals surface area contributed by atoms with Gasteiger partial charge in [-0.2, -0.15) is 0 Å². The normalized spacial score (nSPS) is 16.5. The number of piperidine rings is 1. The zero-order valence-electron chi connectivity index (χ0n) is 20.0. The van der Waals surface area contributed by atoms with Crippen LogP contribution in [-0.4, -0.2) is 73.9 Å². The third kappa shape index (κ3) is 7.03. The summed E-state index contributed by atoms with van der Waals surface area (Å²) < 4.78 is 11.0. The number of methoxy groups -OCH3 is 1. The lowest BCUT2D eigenvalue weighted by Gasteiger charge is -2.41. The van der Waals surface area contributed by atoms with Gasteiger partial charge in [0.2, 0.25) is 5.91 Å². The van der Waals surface area contributed by atoms with E-state index in [2.05, 4.69) is 15.5 Å². The molecule has 8 nitrogen and oxygen atoms in total. The Hall–Kier alpha value is -2.94. The molecule has 1 amide bonds. The molecule has 2 aromatic carbocycles. The summed E-state index contributed by atoms with van der Waals surface area (Å²) in [4.78, 5) is 26.9. The zero-order chi connectivity index (χ0) is 24.4. The highest BCUT2D eigenvalue weighted by molar-refractivity contribution is 5.88. The minimum atomic E-state index is -0.968. The van der Waals surface area contributed by atoms with E-state index in [0.717, 1.165) is 30.9 Å². The first kappa shape index (κ1) is 25.7. The number of amides is 1. The van der Waals surface area contributed by atoms with Crippen LogP contribution < -0.4 is 15.4 Å². The van der Waals surface area contributed by atoms with Crippen LogP contribution in [-0.2, 0) is 9.53 Å². The summed E-state index contributed by atoms with van der Waals surface area (Å²) in [6.07, 6.45) is 1.36. The number of carbonyl (C=O) groups excluding carboxylic acids is 1. The third-order valence-corrected chi connectivity index (χ3v) is 6.34. The minimum Gasteiger partial charge on any atom is -0.492 e. The molecule has 1 aliphatic rings. The van der Waals surface area contributed by atoms with Crippen LogP contribution in [0.1, 0.15) is 41.7 Å². The number of ether oxygens (including phenoxy) is 2. The van der Waals surface area contributed by atoms with Gasteiger partial charge in [-0.1, -0.05) is 30.3 Å². The van der Waals surface area contributed by atoms with Crippen LogP contribution in [0.5, 0.6) is 5.75 Å². The molecule has 1 fully saturated rings. The van der Waals surface area contributed by atoms with E-state index in [0.29, 0.717) is 32.6 Å². The SMILES string of the molecule is COCCN1CCC(NCCOc2ccccc2)(C(=O)N[C@@H](C)c2ccc(C(=O)O)cc2)CC1. The second-order valence-electron chi connectivity index (χ2n) is 8.63. The number of benzene rings is 2. The Kier molecular flexibility index (Phi) is 9.44. The van der Waals surface area contributed by atoms with Crippen molar-refractivity contribution in [2.45, 2.75) is 31.3 Å². The molecule has 0 radical (unpaired) electrons. The standard InChI is InChI=1S/C26H35N3O5/c1-20(21-8-10-22(11-9-21)24(30)31)28-25(32)26(12-15-29(16-13-26)17-19-33-2)27-14-18-34-23-6-4-3-5-7-23/h3-11,20,27H,12-19H2,1-2H3,(H,28,32)(H,30,31)/t20-/m0/s1. The van der Waals surface area contributed by atoms with Gasteiger partial charge in [0.25, 0.3) is 0 Å². The number of aromatic carboxylic acids is 1. The number of nitrogens with one attached hydrogen (secondary N) is 2. The predicted molar refractivity (Wildman–Crippen MR) is 130 cm³/mol. The average Bonchev–Trinajstić information content (AvgIpc) is 2.86. The summed E-state index contributed by atoms with van der Waals surface area (Å²) in [6, 6.07) is 16.0. The first-order chi connectivity index (χ1) is 16.4. The molecule has 1 heterocycles. The number of carboxylic acids is 1. The summed E-state index contributed by atoms with van der Waals surface area (Å²) in [7, 11) is 1.69. The number of rotatable bonds is 12. The van der Waals surface area contributed by atoms with E-state index < -0.39 is 11.5 Å². The predicted octanol–water partition coefficient (Wildman–Crippen LogP) is 2.71. The van der Waals surface area contributed by atoms with Gasteiger partial charge in [0.1, 0.15) is 17.9 Å². The van der Waals surface area contributed by atoms with Gasteiger partial charge >= 0.3 is 5.97 Å². The molecule has 3 N–H and O–H groups in total. The first-order valence-corrected chi connectivity index (χ1v) is 11.7. The van der Waals surface area contributed by atoms with E-state index in [1.165, 1.54) is 0 Å². The zero-order valence-corrected chi connectivity index (χ0v) is 20.0. The molecule has 0 saturated carbocycles. The molecule has 0 bridgehead atoms. The highest BCUT2D eigenvalue weighted by atomic mass is 16.5. The van der Waals surface area contributed by atoms with Crippen LogP contribution in [0.3, 0.4) is 0 Å². The molecule has 184 valence electrons. The van der Waals surface area contributed by atoms with Crippen molar-refractivity contribution in [2.75, 3.05) is 46.5 Å². The number of hydrogen-bond acceptors (Lipinski definition) is 6. The summed E-state index contributed by atoms with van der Waals surface area (Å²) in [5.41, 5.74) is 0.388. The number of para-hydroxylation sites is 1. The van der Waals surface area contributed by atoms with Crippen molar-refractivity contribution < 1.29 is 24.2 Å². The number of carboxylic acid groups (broad SMARTS) is 1. The van der Waals surface area contributed by atoms with Crippen LogP contribution in [0.15, 0.2) is 54.6 Å². The van der Waals surface area contributed by atoms with Crippen molar-refractivity contribution in [3.8, 4) is 5.75 Å². The summed E-state index contributed by atoms with van der Waals surface area (Å²) >= 11 is 0. The van der Waals surface area contributed by atoms with Gasteiger partial charge in [-0.15, -0.1) is 0 Å². The molecule has 34 heavy (non-hydrogen) atoms. The van der Waals surface area contributed by atoms with Gasteiger partial charge in [0, 0.05) is 33.3 Å². The Morgan fingerprint density at radius 3 is 2.35 bits per heavy atom. The Morgan fingerprint density at radius 1 is 1.06 bits per heavy atom. The quantitative estimate of drug-likeness (QED) is 0.411. The van der Waals surface area contributed by atoms with Crippen molar-refractivity contribution in [1.29, 1.82) is 0 Å². The van der Waals surface area contributed by atoms with E-state index in [1.807, 2.05) is 37.3 Å². The number of hydrogen-bond donors (Lipinski definition) is 3. The van der Waals surface area contributed by atoms with Crippen molar-refractivity contribution in [1.82, 2.24) is 15.5 Å². The average molecular weight is 470 g/mol. The topological polar surface area (TPSA) is 100 Å². The van der Waals surface area contributed by atoms with Crippen molar-refractivity contribution in [2.24, 2.45) is 0 Å². The van der Waals surface area contributed by atoms with Crippen molar-refractivity contribution in [3.63, 3.8) is 0 Å². The Labute approximate surface area is 201 Å². The van der Waals surface area contributed by atoms with E-state index in [-0.39, 0.29) is 17.5 Å². The molecule has 1 atom stereocenters. The van der Waals surface area contributed by atoms with E-state index in [4.69, 9.17) is 14.6 Å². The minimum absolute atomic E-state index is 0.0478. The molecule has 2 aromatic rings. The number of nitrogens with zero attached hydrogens (tertiary/aromatic N) is 1. The fourth-order valence-electron chi connectivity index (χ4n) is 4.17. The maximum atomic E-state index is 13.5. The lowest BCUT2D eigenvalue weighted by molar-refractivity contribution is -0.130. The largest absolute Gasteiger partial charge is 0.492 e. The lowest BCUT2D eigenvalue weighted by Crippen LogP contribution is -2.62. The molecule has 1 aliphatic heterocycles. The van der Waals surface area contributed by atoms with E-state index >= 15 is 0 Å². The number of likely N-dealkylation sites (tertiary alicyclic amines) is 1. The monoisotopic (exact) mass is 469 g/mol. The van der Waals surface area contributed by atoms with Gasteiger partial charge in [-0.25, -0.2) is 4.79 Å². The molecular weight excluding hydrogens is 434 g/mol. The molecule has 0 aromatic heterocycles. The summed E-state index contributed by atoms with van der Waals surface area (Å²) in [6.45, 7) is 6.02. The first-order valence-electron chi connectivity index (χ1n) is 11.7. The van der Waals surface area contributed by atoms with E-state index in [1.54, 1.807) is 31.4 Å².